The summed E-state index contributed by atoms with van der Waals surface area (Å²) < 4.78 is 0. The minimum atomic E-state index is 0.805. The van der Waals surface area contributed by atoms with Crippen LogP contribution in [0.1, 0.15) is 0 Å². The van der Waals surface area contributed by atoms with Crippen LogP contribution in [0.2, 0.25) is 0 Å². The smallest absolute Gasteiger partial charge is 0.109 e. The van der Waals surface area contributed by atoms with E-state index in [1.165, 1.54) is 10.8 Å². The second-order valence-corrected chi connectivity index (χ2v) is 5.70. The van der Waals surface area contributed by atoms with Gasteiger partial charge in [-0.2, -0.15) is 5.11 Å². The van der Waals surface area contributed by atoms with Crippen LogP contribution >= 0.6 is 0 Å². The Hall–Kier alpha value is -3.46. The number of hydrogen-bond acceptors (Lipinski definition) is 3. The highest BCUT2D eigenvalue weighted by Crippen LogP contribution is 2.32. The van der Waals surface area contributed by atoms with E-state index in [1.807, 2.05) is 60.7 Å². The molecule has 0 unspecified atom stereocenters. The predicted octanol–water partition coefficient (Wildman–Crippen LogP) is 7.00. The summed E-state index contributed by atoms with van der Waals surface area (Å²) in [4.78, 5) is 0. The van der Waals surface area contributed by atoms with E-state index >= 15 is 0 Å². The van der Waals surface area contributed by atoms with Crippen molar-refractivity contribution in [3.63, 3.8) is 0 Å². The molecule has 0 aliphatic rings. The number of rotatable bonds is 4. The minimum absolute atomic E-state index is 0.805. The average Bonchev–Trinajstić information content (AvgIpc) is 2.68. The number of para-hydroxylation sites is 1. The topological polar surface area (TPSA) is 36.8 Å². The fourth-order valence-electron chi connectivity index (χ4n) is 2.75. The minimum Gasteiger partial charge on any atom is -0.353 e. The molecule has 4 rings (SSSR count). The third-order valence-corrected chi connectivity index (χ3v) is 3.99. The van der Waals surface area contributed by atoms with Gasteiger partial charge in [-0.1, -0.05) is 66.7 Å². The van der Waals surface area contributed by atoms with Crippen molar-refractivity contribution in [1.82, 2.24) is 0 Å². The lowest BCUT2D eigenvalue weighted by atomic mass is 10.1. The molecule has 0 aliphatic heterocycles. The van der Waals surface area contributed by atoms with Gasteiger partial charge in [-0.25, -0.2) is 0 Å². The van der Waals surface area contributed by atoms with E-state index in [-0.39, 0.29) is 0 Å². The molecule has 0 radical (unpaired) electrons. The third-order valence-electron chi connectivity index (χ3n) is 3.99. The lowest BCUT2D eigenvalue weighted by Crippen LogP contribution is -1.91. The van der Waals surface area contributed by atoms with Crippen molar-refractivity contribution in [2.24, 2.45) is 10.2 Å². The van der Waals surface area contributed by atoms with E-state index in [1.54, 1.807) is 0 Å². The van der Waals surface area contributed by atoms with E-state index in [4.69, 9.17) is 0 Å². The molecule has 25 heavy (non-hydrogen) atoms. The summed E-state index contributed by atoms with van der Waals surface area (Å²) in [5.41, 5.74) is 3.63. The zero-order chi connectivity index (χ0) is 16.9. The van der Waals surface area contributed by atoms with Crippen molar-refractivity contribution in [3.8, 4) is 0 Å². The van der Waals surface area contributed by atoms with Crippen molar-refractivity contribution in [1.29, 1.82) is 0 Å². The highest BCUT2D eigenvalue weighted by atomic mass is 15.1. The van der Waals surface area contributed by atoms with Gasteiger partial charge in [0.05, 0.1) is 11.4 Å². The first kappa shape index (κ1) is 15.1. The first-order chi connectivity index (χ1) is 12.4. The first-order valence-corrected chi connectivity index (χ1v) is 8.21. The molecule has 0 bridgehead atoms. The lowest BCUT2D eigenvalue weighted by Gasteiger charge is -2.11. The average molecular weight is 323 g/mol. The maximum Gasteiger partial charge on any atom is 0.109 e. The van der Waals surface area contributed by atoms with Crippen LogP contribution in [0.25, 0.3) is 10.8 Å². The van der Waals surface area contributed by atoms with Crippen LogP contribution in [0, 0.1) is 0 Å². The van der Waals surface area contributed by atoms with Gasteiger partial charge in [-0.05, 0) is 35.7 Å². The molecule has 0 saturated carbocycles. The van der Waals surface area contributed by atoms with E-state index in [9.17, 15) is 0 Å². The number of fused-ring (bicyclic) bond motifs is 1. The first-order valence-electron chi connectivity index (χ1n) is 8.21. The second-order valence-electron chi connectivity index (χ2n) is 5.70. The largest absolute Gasteiger partial charge is 0.353 e. The molecule has 0 aromatic heterocycles. The Bertz CT molecular complexity index is 1020. The molecule has 3 nitrogen and oxygen atoms in total. The molecule has 0 saturated heterocycles. The van der Waals surface area contributed by atoms with Crippen molar-refractivity contribution >= 4 is 33.5 Å². The molecule has 0 atom stereocenters. The van der Waals surface area contributed by atoms with Gasteiger partial charge in [0.1, 0.15) is 5.69 Å². The zero-order valence-electron chi connectivity index (χ0n) is 13.6. The van der Waals surface area contributed by atoms with E-state index in [0.717, 1.165) is 22.7 Å². The summed E-state index contributed by atoms with van der Waals surface area (Å²) in [6.45, 7) is 0. The second kappa shape index (κ2) is 6.97. The van der Waals surface area contributed by atoms with Crippen molar-refractivity contribution in [2.75, 3.05) is 5.32 Å². The summed E-state index contributed by atoms with van der Waals surface area (Å²) in [6, 6.07) is 32.3. The quantitative estimate of drug-likeness (QED) is 0.403. The van der Waals surface area contributed by atoms with Gasteiger partial charge in [0.2, 0.25) is 0 Å². The molecule has 0 aliphatic carbocycles. The van der Waals surface area contributed by atoms with E-state index < -0.39 is 0 Å². The fraction of sp³-hybridized carbons (Fsp3) is 0. The molecule has 120 valence electrons. The van der Waals surface area contributed by atoms with Gasteiger partial charge in [0.15, 0.2) is 0 Å². The zero-order valence-corrected chi connectivity index (χ0v) is 13.6. The van der Waals surface area contributed by atoms with Gasteiger partial charge in [-0.3, -0.25) is 0 Å². The predicted molar refractivity (Wildman–Crippen MR) is 104 cm³/mol. The van der Waals surface area contributed by atoms with E-state index in [2.05, 4.69) is 51.9 Å². The molecule has 3 heteroatoms. The van der Waals surface area contributed by atoms with Crippen LogP contribution < -0.4 is 5.32 Å². The number of benzene rings is 4. The van der Waals surface area contributed by atoms with Crippen molar-refractivity contribution < 1.29 is 0 Å². The number of nitrogens with zero attached hydrogens (tertiary/aromatic N) is 2. The Kier molecular flexibility index (Phi) is 4.21. The van der Waals surface area contributed by atoms with Gasteiger partial charge in [-0.15, -0.1) is 5.11 Å². The van der Waals surface area contributed by atoms with Gasteiger partial charge >= 0.3 is 0 Å². The van der Waals surface area contributed by atoms with Crippen LogP contribution in [-0.2, 0) is 0 Å². The van der Waals surface area contributed by atoms with Crippen LogP contribution in [0.4, 0.5) is 22.7 Å². The number of hydrogen-bond donors (Lipinski definition) is 1. The normalized spacial score (nSPS) is 11.0. The third kappa shape index (κ3) is 3.40. The fourth-order valence-corrected chi connectivity index (χ4v) is 2.75. The Balaban J connectivity index is 1.68. The Morgan fingerprint density at radius 2 is 1.20 bits per heavy atom. The summed E-state index contributed by atoms with van der Waals surface area (Å²) in [6.07, 6.45) is 0. The van der Waals surface area contributed by atoms with Gasteiger partial charge in [0, 0.05) is 11.1 Å². The number of anilines is 2. The Labute approximate surface area is 146 Å². The molecule has 0 spiro atoms. The Morgan fingerprint density at radius 3 is 2.12 bits per heavy atom. The van der Waals surface area contributed by atoms with Crippen LogP contribution in [0.3, 0.4) is 0 Å². The van der Waals surface area contributed by atoms with E-state index in [0.29, 0.717) is 0 Å². The summed E-state index contributed by atoms with van der Waals surface area (Å²) in [5.74, 6) is 0. The summed E-state index contributed by atoms with van der Waals surface area (Å²) >= 11 is 0. The molecule has 0 heterocycles. The highest BCUT2D eigenvalue weighted by Gasteiger charge is 2.04. The molecule has 4 aromatic rings. The van der Waals surface area contributed by atoms with Crippen molar-refractivity contribution in [3.05, 3.63) is 97.1 Å². The van der Waals surface area contributed by atoms with Crippen molar-refractivity contribution in [2.45, 2.75) is 0 Å². The highest BCUT2D eigenvalue weighted by molar-refractivity contribution is 5.96. The summed E-state index contributed by atoms with van der Waals surface area (Å²) in [5, 5.41) is 14.6. The molecule has 4 aromatic carbocycles. The van der Waals surface area contributed by atoms with Gasteiger partial charge < -0.3 is 5.32 Å². The molecule has 0 fully saturated rings. The van der Waals surface area contributed by atoms with Gasteiger partial charge in [0.25, 0.3) is 0 Å². The molecular weight excluding hydrogens is 306 g/mol. The number of nitrogens with one attached hydrogen (secondary N) is 1. The Morgan fingerprint density at radius 1 is 0.520 bits per heavy atom. The monoisotopic (exact) mass is 323 g/mol. The maximum atomic E-state index is 4.42. The summed E-state index contributed by atoms with van der Waals surface area (Å²) in [7, 11) is 0. The standard InChI is InChI=1S/C22H17N3/c1-2-11-18(12-3-1)24-25-22-15-7-6-14-21(22)23-20-16-8-10-17-9-4-5-13-19(17)20/h1-16,23H. The number of azo groups is 1. The molecule has 0 amide bonds. The molecular formula is C22H17N3. The maximum absolute atomic E-state index is 4.42. The van der Waals surface area contributed by atoms with Crippen LogP contribution in [-0.4, -0.2) is 0 Å². The molecule has 1 N–H and O–H groups in total. The van der Waals surface area contributed by atoms with Crippen LogP contribution in [0.5, 0.6) is 0 Å². The lowest BCUT2D eigenvalue weighted by molar-refractivity contribution is 1.23. The van der Waals surface area contributed by atoms with Crippen LogP contribution in [0.15, 0.2) is 107 Å². The SMILES string of the molecule is c1ccc(N=Nc2ccccc2Nc2cccc3ccccc23)cc1.